The summed E-state index contributed by atoms with van der Waals surface area (Å²) in [5.41, 5.74) is 4.63. The number of fused-ring (bicyclic) bond motifs is 2. The van der Waals surface area contributed by atoms with Crippen molar-refractivity contribution in [2.45, 2.75) is 75.3 Å². The lowest BCUT2D eigenvalue weighted by atomic mass is 10.1. The second-order valence-electron chi connectivity index (χ2n) is 13.6. The number of aliphatic hydroxyl groups is 3. The van der Waals surface area contributed by atoms with Gasteiger partial charge in [0.2, 0.25) is 11.9 Å². The fourth-order valence-electron chi connectivity index (χ4n) is 6.34. The number of imidazole rings is 2. The first-order valence-corrected chi connectivity index (χ1v) is 24.0. The minimum absolute atomic E-state index is 0.00175. The van der Waals surface area contributed by atoms with Crippen LogP contribution in [0.15, 0.2) is 23.8 Å². The standard InChI is InChI=1S/C31H43N11O17P2S2/c1-14(44)4-5-33-17(45)3-2-7-62-63-8-6-54-31(49)38-24-18-25(35-11-34-24)41(12-36-18)28-21(47)22(58-60(50)51)16(57-28)10-55-61(52,53)59-23-20(46)15(9-43)56-29(23)42-13-37-19-26(42)39-30(32)40-27(19)48/h11-13,15-16,20-23,28-29,43,46-47,60H,2-10H2,1H3,(H,33,45)(H,50,51)(H,52,53)(H3,32,39,40,48)(H,34,35,38,49)/t15?,16?,20-,21-,22-,23-,28-,29-/m1/s1. The maximum atomic E-state index is 13.4. The van der Waals surface area contributed by atoms with E-state index < -0.39 is 90.0 Å². The van der Waals surface area contributed by atoms with E-state index in [9.17, 15) is 53.4 Å². The average Bonchev–Trinajstić information content (AvgIpc) is 3.99. The van der Waals surface area contributed by atoms with Crippen LogP contribution in [0, 0.1) is 0 Å². The summed E-state index contributed by atoms with van der Waals surface area (Å²) in [5, 5.41) is 37.1. The van der Waals surface area contributed by atoms with Crippen LogP contribution in [0.25, 0.3) is 22.3 Å². The first-order chi connectivity index (χ1) is 30.1. The van der Waals surface area contributed by atoms with Gasteiger partial charge in [0.1, 0.15) is 55.3 Å². The molecule has 4 aromatic rings. The molecular formula is C31H43N11O17P2S2. The monoisotopic (exact) mass is 967 g/mol. The molecule has 10 N–H and O–H groups in total. The van der Waals surface area contributed by atoms with Crippen LogP contribution in [0.2, 0.25) is 0 Å². The molecule has 2 saturated heterocycles. The summed E-state index contributed by atoms with van der Waals surface area (Å²) in [4.78, 5) is 90.8. The number of H-pyrrole nitrogens is 1. The van der Waals surface area contributed by atoms with Crippen LogP contribution in [0.5, 0.6) is 0 Å². The van der Waals surface area contributed by atoms with Crippen molar-refractivity contribution in [2.75, 3.05) is 48.9 Å². The molecule has 0 saturated carbocycles. The number of nitrogens with one attached hydrogen (secondary N) is 3. The highest BCUT2D eigenvalue weighted by Crippen LogP contribution is 2.50. The number of hydrogen-bond donors (Lipinski definition) is 9. The number of carbonyl (C=O) groups is 3. The van der Waals surface area contributed by atoms with Crippen LogP contribution in [0.4, 0.5) is 16.6 Å². The Bertz CT molecular complexity index is 2390. The number of hydrogen-bond acceptors (Lipinski definition) is 23. The Hall–Kier alpha value is -4.13. The third-order valence-electron chi connectivity index (χ3n) is 9.19. The highest BCUT2D eigenvalue weighted by molar-refractivity contribution is 8.76. The zero-order valence-corrected chi connectivity index (χ0v) is 36.3. The molecule has 2 aliphatic rings. The zero-order valence-electron chi connectivity index (χ0n) is 32.8. The highest BCUT2D eigenvalue weighted by Gasteiger charge is 2.51. The summed E-state index contributed by atoms with van der Waals surface area (Å²) < 4.78 is 59.8. The summed E-state index contributed by atoms with van der Waals surface area (Å²) in [7, 11) is -6.10. The number of nitrogens with two attached hydrogens (primary N) is 1. The van der Waals surface area contributed by atoms with Gasteiger partial charge in [-0.25, -0.2) is 29.3 Å². The third kappa shape index (κ3) is 12.2. The third-order valence-corrected chi connectivity index (χ3v) is 13.1. The number of aliphatic hydroxyl groups excluding tert-OH is 3. The van der Waals surface area contributed by atoms with Crippen molar-refractivity contribution in [2.24, 2.45) is 0 Å². The van der Waals surface area contributed by atoms with Crippen molar-refractivity contribution < 1.29 is 76.4 Å². The van der Waals surface area contributed by atoms with Gasteiger partial charge in [-0.1, -0.05) is 21.6 Å². The number of carbonyl (C=O) groups excluding carboxylic acids is 3. The van der Waals surface area contributed by atoms with Gasteiger partial charge in [0.05, 0.1) is 25.9 Å². The van der Waals surface area contributed by atoms with Crippen LogP contribution < -0.4 is 21.9 Å². The Morgan fingerprint density at radius 3 is 2.44 bits per heavy atom. The van der Waals surface area contributed by atoms with Gasteiger partial charge in [0, 0.05) is 30.9 Å². The number of nitrogen functional groups attached to an aromatic ring is 1. The summed E-state index contributed by atoms with van der Waals surface area (Å²) >= 11 is 0. The Balaban J connectivity index is 1.04. The lowest BCUT2D eigenvalue weighted by molar-refractivity contribution is -0.121. The van der Waals surface area contributed by atoms with Crippen LogP contribution in [-0.4, -0.2) is 156 Å². The molecule has 4 unspecified atom stereocenters. The predicted octanol–water partition coefficient (Wildman–Crippen LogP) is -0.875. The summed E-state index contributed by atoms with van der Waals surface area (Å²) in [6.07, 6.45) is -9.14. The number of rotatable bonds is 22. The van der Waals surface area contributed by atoms with E-state index >= 15 is 0 Å². The van der Waals surface area contributed by atoms with Crippen LogP contribution in [-0.2, 0) is 46.5 Å². The molecule has 10 atom stereocenters. The summed E-state index contributed by atoms with van der Waals surface area (Å²) in [6, 6.07) is 0. The van der Waals surface area contributed by atoms with Gasteiger partial charge < -0.3 is 54.9 Å². The van der Waals surface area contributed by atoms with Gasteiger partial charge in [-0.3, -0.25) is 47.4 Å². The van der Waals surface area contributed by atoms with Crippen LogP contribution in [0.3, 0.4) is 0 Å². The van der Waals surface area contributed by atoms with E-state index in [1.807, 2.05) is 0 Å². The van der Waals surface area contributed by atoms with Crippen molar-refractivity contribution >= 4 is 89.5 Å². The van der Waals surface area contributed by atoms with E-state index in [0.29, 0.717) is 30.9 Å². The summed E-state index contributed by atoms with van der Waals surface area (Å²) in [5.74, 6) is 0.588. The van der Waals surface area contributed by atoms with Crippen molar-refractivity contribution in [3.05, 3.63) is 29.3 Å². The molecule has 6 heterocycles. The molecule has 2 fully saturated rings. The molecule has 4 aromatic heterocycles. The molecular weight excluding hydrogens is 924 g/mol. The number of aromatic amines is 1. The molecule has 2 amide bonds. The number of phosphoric ester groups is 1. The molecule has 0 aliphatic carbocycles. The zero-order chi connectivity index (χ0) is 45.4. The van der Waals surface area contributed by atoms with E-state index in [0.717, 1.165) is 23.5 Å². The number of ether oxygens (including phenoxy) is 3. The molecule has 0 spiro atoms. The van der Waals surface area contributed by atoms with E-state index in [-0.39, 0.29) is 58.8 Å². The fourth-order valence-corrected chi connectivity index (χ4v) is 9.71. The van der Waals surface area contributed by atoms with Crippen LogP contribution in [0.1, 0.15) is 38.6 Å². The SMILES string of the molecule is CC(=O)CCNC(=O)CCCSSCCOC(=O)Nc1ncnc2c1ncn2[C@@H]1OC(COP(=O)(O)O[C@@H]2[C@H](O)C(CO)O[C@H]2n2cnc3c(=O)[nH]c(N)nc32)[C@@H](O[PH](=O)O)[C@H]1O. The Kier molecular flexibility index (Phi) is 16.6. The van der Waals surface area contributed by atoms with Crippen LogP contribution >= 0.6 is 37.7 Å². The van der Waals surface area contributed by atoms with Gasteiger partial charge >= 0.3 is 22.2 Å². The van der Waals surface area contributed by atoms with E-state index in [2.05, 4.69) is 40.5 Å². The second-order valence-corrected chi connectivity index (χ2v) is 18.5. The summed E-state index contributed by atoms with van der Waals surface area (Å²) in [6.45, 7) is 0.110. The Labute approximate surface area is 362 Å². The maximum Gasteiger partial charge on any atom is 0.472 e. The number of nitrogens with zero attached hydrogens (tertiary/aromatic N) is 7. The molecule has 6 rings (SSSR count). The molecule has 346 valence electrons. The number of Topliss-reactive ketones (excluding diaryl/α,β-unsaturated/α-hetero) is 1. The first kappa shape index (κ1) is 48.3. The van der Waals surface area contributed by atoms with Gasteiger partial charge in [-0.2, -0.15) is 4.98 Å². The first-order valence-electron chi connectivity index (χ1n) is 18.7. The van der Waals surface area contributed by atoms with Gasteiger partial charge in [0.15, 0.2) is 40.6 Å². The molecule has 2 aliphatic heterocycles. The van der Waals surface area contributed by atoms with Crippen molar-refractivity contribution in [3.63, 3.8) is 0 Å². The predicted molar refractivity (Wildman–Crippen MR) is 219 cm³/mol. The minimum Gasteiger partial charge on any atom is -0.448 e. The smallest absolute Gasteiger partial charge is 0.448 e. The van der Waals surface area contributed by atoms with Gasteiger partial charge in [-0.05, 0) is 13.3 Å². The lowest BCUT2D eigenvalue weighted by Gasteiger charge is -2.25. The van der Waals surface area contributed by atoms with E-state index in [4.69, 9.17) is 33.5 Å². The molecule has 0 radical (unpaired) electrons. The van der Waals surface area contributed by atoms with Gasteiger partial charge in [0.25, 0.3) is 5.56 Å². The number of ketones is 1. The number of aromatic nitrogens is 8. The fraction of sp³-hybridized carbons (Fsp3) is 0.581. The number of anilines is 2. The second kappa shape index (κ2) is 21.7. The highest BCUT2D eigenvalue weighted by atomic mass is 33.1. The molecule has 32 heteroatoms. The largest absolute Gasteiger partial charge is 0.472 e. The minimum atomic E-state index is -5.27. The van der Waals surface area contributed by atoms with Gasteiger partial charge in [-0.15, -0.1) is 0 Å². The Morgan fingerprint density at radius 1 is 1.00 bits per heavy atom. The molecule has 28 nitrogen and oxygen atoms in total. The maximum absolute atomic E-state index is 13.4. The Morgan fingerprint density at radius 2 is 1.71 bits per heavy atom. The number of amides is 2. The molecule has 0 bridgehead atoms. The lowest BCUT2D eigenvalue weighted by Crippen LogP contribution is -2.36. The van der Waals surface area contributed by atoms with E-state index in [1.165, 1.54) is 33.1 Å². The van der Waals surface area contributed by atoms with Crippen molar-refractivity contribution in [3.8, 4) is 0 Å². The topological polar surface area (TPSA) is 399 Å². The van der Waals surface area contributed by atoms with E-state index in [1.54, 1.807) is 0 Å². The van der Waals surface area contributed by atoms with Crippen molar-refractivity contribution in [1.29, 1.82) is 0 Å². The average molecular weight is 968 g/mol. The quantitative estimate of drug-likeness (QED) is 0.0262. The number of phosphoric acid groups is 1. The molecule has 0 aromatic carbocycles. The normalized spacial score (nSPS) is 25.0. The van der Waals surface area contributed by atoms with Crippen molar-refractivity contribution in [1.82, 2.24) is 44.4 Å². The molecule has 63 heavy (non-hydrogen) atoms.